The molecule has 166 valence electrons. The third-order valence-electron chi connectivity index (χ3n) is 5.97. The standard InChI is InChI=1S/C23H27NO4.C2H4O/c1-15-13-24(23(25)27-3)14-20(15)18-8-9-21(26-2)22(12-18)28-19-10-16-6-4-5-7-17(16)11-19;1-2-3/h4-9,12,15,19-20H,10-11,13-14H2,1-3H3;2H,1H3/t15-,20+;/m0./s1. The first-order chi connectivity index (χ1) is 15.0. The quantitative estimate of drug-likeness (QED) is 0.686. The van der Waals surface area contributed by atoms with Crippen LogP contribution in [0.5, 0.6) is 11.5 Å². The molecule has 2 aromatic carbocycles. The van der Waals surface area contributed by atoms with Crippen LogP contribution in [0.1, 0.15) is 36.5 Å². The number of hydrogen-bond acceptors (Lipinski definition) is 5. The number of amides is 1. The van der Waals surface area contributed by atoms with Gasteiger partial charge in [0.25, 0.3) is 0 Å². The molecule has 4 rings (SSSR count). The van der Waals surface area contributed by atoms with Crippen molar-refractivity contribution in [3.63, 3.8) is 0 Å². The number of ether oxygens (including phenoxy) is 3. The van der Waals surface area contributed by atoms with Crippen molar-refractivity contribution in [2.75, 3.05) is 27.3 Å². The van der Waals surface area contributed by atoms with Gasteiger partial charge >= 0.3 is 6.09 Å². The molecule has 2 atom stereocenters. The summed E-state index contributed by atoms with van der Waals surface area (Å²) in [6.07, 6.45) is 2.44. The third kappa shape index (κ3) is 5.19. The van der Waals surface area contributed by atoms with E-state index in [-0.39, 0.29) is 18.1 Å². The van der Waals surface area contributed by atoms with Gasteiger partial charge in [0, 0.05) is 31.8 Å². The largest absolute Gasteiger partial charge is 0.493 e. The highest BCUT2D eigenvalue weighted by Crippen LogP contribution is 2.38. The minimum absolute atomic E-state index is 0.120. The molecule has 6 nitrogen and oxygen atoms in total. The second-order valence-electron chi connectivity index (χ2n) is 8.02. The molecule has 1 aliphatic heterocycles. The van der Waals surface area contributed by atoms with Crippen molar-refractivity contribution in [1.29, 1.82) is 0 Å². The smallest absolute Gasteiger partial charge is 0.409 e. The number of nitrogens with zero attached hydrogens (tertiary/aromatic N) is 1. The average molecular weight is 426 g/mol. The highest BCUT2D eigenvalue weighted by molar-refractivity contribution is 5.68. The van der Waals surface area contributed by atoms with Gasteiger partial charge in [0.2, 0.25) is 0 Å². The molecule has 0 bridgehead atoms. The van der Waals surface area contributed by atoms with E-state index in [9.17, 15) is 4.79 Å². The molecular formula is C25H31NO5. The van der Waals surface area contributed by atoms with Crippen LogP contribution in [0.3, 0.4) is 0 Å². The summed E-state index contributed by atoms with van der Waals surface area (Å²) < 4.78 is 16.8. The highest BCUT2D eigenvalue weighted by Gasteiger charge is 2.34. The molecule has 0 aromatic heterocycles. The zero-order valence-electron chi connectivity index (χ0n) is 18.7. The molecule has 6 heteroatoms. The fourth-order valence-electron chi connectivity index (χ4n) is 4.48. The lowest BCUT2D eigenvalue weighted by Gasteiger charge is -2.20. The number of methoxy groups -OCH3 is 2. The van der Waals surface area contributed by atoms with Gasteiger partial charge < -0.3 is 23.9 Å². The van der Waals surface area contributed by atoms with Crippen molar-refractivity contribution < 1.29 is 23.8 Å². The predicted octanol–water partition coefficient (Wildman–Crippen LogP) is 4.25. The fraction of sp³-hybridized carbons (Fsp3) is 0.440. The first-order valence-corrected chi connectivity index (χ1v) is 10.6. The van der Waals surface area contributed by atoms with E-state index in [1.54, 1.807) is 12.0 Å². The summed E-state index contributed by atoms with van der Waals surface area (Å²) >= 11 is 0. The molecule has 31 heavy (non-hydrogen) atoms. The van der Waals surface area contributed by atoms with E-state index in [2.05, 4.69) is 43.3 Å². The maximum Gasteiger partial charge on any atom is 0.409 e. The Labute approximate surface area is 184 Å². The Morgan fingerprint density at radius 2 is 1.68 bits per heavy atom. The van der Waals surface area contributed by atoms with Crippen molar-refractivity contribution in [3.05, 3.63) is 59.2 Å². The fourth-order valence-corrected chi connectivity index (χ4v) is 4.48. The molecule has 2 aromatic rings. The molecule has 2 aliphatic rings. The van der Waals surface area contributed by atoms with Crippen molar-refractivity contribution in [3.8, 4) is 11.5 Å². The van der Waals surface area contributed by atoms with Crippen LogP contribution in [0.25, 0.3) is 0 Å². The van der Waals surface area contributed by atoms with Crippen LogP contribution in [0.2, 0.25) is 0 Å². The number of hydrogen-bond donors (Lipinski definition) is 0. The number of likely N-dealkylation sites (tertiary alicyclic amines) is 1. The van der Waals surface area contributed by atoms with Crippen molar-refractivity contribution in [1.82, 2.24) is 4.90 Å². The summed E-state index contributed by atoms with van der Waals surface area (Å²) in [7, 11) is 3.10. The summed E-state index contributed by atoms with van der Waals surface area (Å²) in [6.45, 7) is 4.98. The number of benzene rings is 2. The van der Waals surface area contributed by atoms with Gasteiger partial charge in [-0.1, -0.05) is 37.3 Å². The molecule has 1 heterocycles. The lowest BCUT2D eigenvalue weighted by Crippen LogP contribution is -2.28. The Bertz CT molecular complexity index is 888. The Morgan fingerprint density at radius 1 is 1.03 bits per heavy atom. The maximum absolute atomic E-state index is 11.9. The van der Waals surface area contributed by atoms with Crippen LogP contribution in [0, 0.1) is 5.92 Å². The molecule has 1 saturated heterocycles. The summed E-state index contributed by atoms with van der Waals surface area (Å²) in [4.78, 5) is 22.5. The zero-order chi connectivity index (χ0) is 22.4. The van der Waals surface area contributed by atoms with Gasteiger partial charge in [-0.15, -0.1) is 0 Å². The SMILES string of the molecule is CC=O.COC(=O)N1C[C@H](C)[C@H](c2ccc(OC)c(OC3Cc4ccccc4C3)c2)C1. The minimum Gasteiger partial charge on any atom is -0.493 e. The summed E-state index contributed by atoms with van der Waals surface area (Å²) in [5.41, 5.74) is 3.90. The van der Waals surface area contributed by atoms with Gasteiger partial charge in [0.05, 0.1) is 14.2 Å². The molecule has 1 aliphatic carbocycles. The van der Waals surface area contributed by atoms with Crippen LogP contribution >= 0.6 is 0 Å². The monoisotopic (exact) mass is 425 g/mol. The van der Waals surface area contributed by atoms with Crippen molar-refractivity contribution in [2.24, 2.45) is 5.92 Å². The number of rotatable bonds is 4. The molecule has 1 fully saturated rings. The first kappa shape index (κ1) is 22.7. The van der Waals surface area contributed by atoms with E-state index in [1.165, 1.54) is 30.7 Å². The van der Waals surface area contributed by atoms with Crippen LogP contribution in [-0.2, 0) is 22.4 Å². The number of carbonyl (C=O) groups is 2. The van der Waals surface area contributed by atoms with Gasteiger partial charge in [-0.05, 0) is 41.7 Å². The summed E-state index contributed by atoms with van der Waals surface area (Å²) in [6, 6.07) is 14.6. The van der Waals surface area contributed by atoms with E-state index >= 15 is 0 Å². The molecule has 0 N–H and O–H groups in total. The second-order valence-corrected chi connectivity index (χ2v) is 8.02. The summed E-state index contributed by atoms with van der Waals surface area (Å²) in [5, 5.41) is 0. The number of aldehydes is 1. The first-order valence-electron chi connectivity index (χ1n) is 10.6. The maximum atomic E-state index is 11.9. The molecule has 0 spiro atoms. The Kier molecular flexibility index (Phi) is 7.55. The topological polar surface area (TPSA) is 65.1 Å². The minimum atomic E-state index is -0.261. The van der Waals surface area contributed by atoms with Gasteiger partial charge in [0.1, 0.15) is 12.4 Å². The normalized spacial score (nSPS) is 19.8. The van der Waals surface area contributed by atoms with Gasteiger partial charge in [0.15, 0.2) is 11.5 Å². The van der Waals surface area contributed by atoms with Gasteiger partial charge in [-0.3, -0.25) is 0 Å². The summed E-state index contributed by atoms with van der Waals surface area (Å²) in [5.74, 6) is 2.14. The number of carbonyl (C=O) groups excluding carboxylic acids is 2. The Hall–Kier alpha value is -3.02. The predicted molar refractivity (Wildman–Crippen MR) is 119 cm³/mol. The van der Waals surface area contributed by atoms with Crippen LogP contribution < -0.4 is 9.47 Å². The molecule has 0 unspecified atom stereocenters. The van der Waals surface area contributed by atoms with E-state index in [1.807, 2.05) is 6.07 Å². The third-order valence-corrected chi connectivity index (χ3v) is 5.97. The van der Waals surface area contributed by atoms with E-state index in [0.717, 1.165) is 30.6 Å². The highest BCUT2D eigenvalue weighted by atomic mass is 16.5. The Morgan fingerprint density at radius 3 is 2.26 bits per heavy atom. The Balaban J connectivity index is 0.000000858. The van der Waals surface area contributed by atoms with E-state index < -0.39 is 0 Å². The molecule has 0 saturated carbocycles. The van der Waals surface area contributed by atoms with E-state index in [0.29, 0.717) is 19.0 Å². The van der Waals surface area contributed by atoms with Crippen LogP contribution in [-0.4, -0.2) is 50.7 Å². The van der Waals surface area contributed by atoms with Crippen LogP contribution in [0.15, 0.2) is 42.5 Å². The van der Waals surface area contributed by atoms with Crippen molar-refractivity contribution >= 4 is 12.4 Å². The zero-order valence-corrected chi connectivity index (χ0v) is 18.7. The lowest BCUT2D eigenvalue weighted by molar-refractivity contribution is -0.106. The molecular weight excluding hydrogens is 394 g/mol. The van der Waals surface area contributed by atoms with Crippen LogP contribution in [0.4, 0.5) is 4.79 Å². The molecule has 0 radical (unpaired) electrons. The molecule has 1 amide bonds. The van der Waals surface area contributed by atoms with E-state index in [4.69, 9.17) is 19.0 Å². The van der Waals surface area contributed by atoms with Gasteiger partial charge in [-0.25, -0.2) is 4.79 Å². The second kappa shape index (κ2) is 10.3. The number of fused-ring (bicyclic) bond motifs is 1. The van der Waals surface area contributed by atoms with Crippen molar-refractivity contribution in [2.45, 2.75) is 38.7 Å². The average Bonchev–Trinajstić information content (AvgIpc) is 3.36. The van der Waals surface area contributed by atoms with Gasteiger partial charge in [-0.2, -0.15) is 0 Å². The lowest BCUT2D eigenvalue weighted by atomic mass is 9.90.